The Kier molecular flexibility index (Phi) is 4.37. The number of hydrogen-bond donors (Lipinski definition) is 0. The molecule has 0 amide bonds. The number of para-hydroxylation sites is 2. The van der Waals surface area contributed by atoms with Crippen LogP contribution in [0.15, 0.2) is 103 Å². The molecule has 9 rings (SSSR count). The lowest BCUT2D eigenvalue weighted by atomic mass is 9.68. The van der Waals surface area contributed by atoms with Gasteiger partial charge < -0.3 is 4.57 Å². The number of aromatic nitrogens is 1. The molecule has 198 valence electrons. The average molecular weight is 528 g/mol. The third-order valence-corrected chi connectivity index (χ3v) is 10.4. The Morgan fingerprint density at radius 1 is 0.634 bits per heavy atom. The summed E-state index contributed by atoms with van der Waals surface area (Å²) in [6.45, 7) is 9.68. The Morgan fingerprint density at radius 3 is 2.15 bits per heavy atom. The van der Waals surface area contributed by atoms with Crippen molar-refractivity contribution in [2.45, 2.75) is 51.4 Å². The molecule has 0 saturated heterocycles. The van der Waals surface area contributed by atoms with Gasteiger partial charge in [0.05, 0.1) is 16.7 Å². The van der Waals surface area contributed by atoms with Crippen molar-refractivity contribution in [3.8, 4) is 16.8 Å². The van der Waals surface area contributed by atoms with Crippen molar-refractivity contribution < 1.29 is 0 Å². The van der Waals surface area contributed by atoms with Gasteiger partial charge in [-0.05, 0) is 80.3 Å². The van der Waals surface area contributed by atoms with Crippen LogP contribution in [0.1, 0.15) is 68.4 Å². The van der Waals surface area contributed by atoms with Gasteiger partial charge in [-0.15, -0.1) is 0 Å². The average Bonchev–Trinajstić information content (AvgIpc) is 3.33. The monoisotopic (exact) mass is 527 g/mol. The smallest absolute Gasteiger partial charge is 0.0582 e. The molecule has 6 aromatic rings. The summed E-state index contributed by atoms with van der Waals surface area (Å²) in [5.41, 5.74) is 15.2. The Morgan fingerprint density at radius 2 is 1.34 bits per heavy atom. The van der Waals surface area contributed by atoms with Crippen LogP contribution in [0.3, 0.4) is 0 Å². The van der Waals surface area contributed by atoms with Gasteiger partial charge in [-0.3, -0.25) is 0 Å². The predicted octanol–water partition coefficient (Wildman–Crippen LogP) is 10.6. The van der Waals surface area contributed by atoms with Crippen LogP contribution in [-0.4, -0.2) is 4.57 Å². The van der Waals surface area contributed by atoms with Crippen LogP contribution in [0.4, 0.5) is 0 Å². The minimum atomic E-state index is -0.130. The molecule has 0 unspecified atom stereocenters. The summed E-state index contributed by atoms with van der Waals surface area (Å²) in [5.74, 6) is 0. The number of rotatable bonds is 2. The molecule has 1 heteroatoms. The van der Waals surface area contributed by atoms with Gasteiger partial charge in [-0.25, -0.2) is 0 Å². The van der Waals surface area contributed by atoms with E-state index >= 15 is 0 Å². The Bertz CT molecular complexity index is 2190. The van der Waals surface area contributed by atoms with Gasteiger partial charge in [0, 0.05) is 21.6 Å². The molecule has 0 spiro atoms. The molecule has 0 N–H and O–H groups in total. The van der Waals surface area contributed by atoms with Crippen LogP contribution in [0.2, 0.25) is 0 Å². The van der Waals surface area contributed by atoms with E-state index in [9.17, 15) is 0 Å². The van der Waals surface area contributed by atoms with E-state index in [2.05, 4.69) is 135 Å². The van der Waals surface area contributed by atoms with Crippen molar-refractivity contribution in [3.05, 3.63) is 131 Å². The van der Waals surface area contributed by atoms with Gasteiger partial charge >= 0.3 is 0 Å². The lowest BCUT2D eigenvalue weighted by Gasteiger charge is -2.42. The molecule has 0 saturated carbocycles. The van der Waals surface area contributed by atoms with E-state index in [4.69, 9.17) is 0 Å². The third kappa shape index (κ3) is 2.82. The Hall–Kier alpha value is -4.36. The molecule has 1 aliphatic carbocycles. The van der Waals surface area contributed by atoms with Crippen molar-refractivity contribution in [2.24, 2.45) is 0 Å². The molecule has 3 heterocycles. The predicted molar refractivity (Wildman–Crippen MR) is 174 cm³/mol. The number of benzene rings is 5. The number of allylic oxidation sites excluding steroid dienone is 4. The molecular formula is C40H33N. The maximum Gasteiger partial charge on any atom is 0.0582 e. The van der Waals surface area contributed by atoms with Crippen LogP contribution in [0, 0.1) is 0 Å². The van der Waals surface area contributed by atoms with E-state index in [1.54, 1.807) is 0 Å². The van der Waals surface area contributed by atoms with Crippen LogP contribution < -0.4 is 0 Å². The van der Waals surface area contributed by atoms with E-state index in [1.807, 2.05) is 0 Å². The van der Waals surface area contributed by atoms with Crippen molar-refractivity contribution in [1.29, 1.82) is 0 Å². The Balaban J connectivity index is 1.48. The first-order chi connectivity index (χ1) is 19.9. The summed E-state index contributed by atoms with van der Waals surface area (Å²) in [4.78, 5) is 0. The molecule has 1 nitrogen and oxygen atoms in total. The van der Waals surface area contributed by atoms with Crippen molar-refractivity contribution in [2.75, 3.05) is 0 Å². The third-order valence-electron chi connectivity index (χ3n) is 10.4. The minimum Gasteiger partial charge on any atom is -0.308 e. The Labute approximate surface area is 241 Å². The molecule has 1 aromatic heterocycles. The highest BCUT2D eigenvalue weighted by molar-refractivity contribution is 6.16. The van der Waals surface area contributed by atoms with Crippen LogP contribution in [0.25, 0.3) is 55.0 Å². The zero-order valence-corrected chi connectivity index (χ0v) is 24.2. The lowest BCUT2D eigenvalue weighted by molar-refractivity contribution is 0.594. The van der Waals surface area contributed by atoms with E-state index in [-0.39, 0.29) is 10.8 Å². The molecule has 5 aromatic carbocycles. The van der Waals surface area contributed by atoms with Crippen LogP contribution in [-0.2, 0) is 10.8 Å². The molecule has 2 aliphatic heterocycles. The summed E-state index contributed by atoms with van der Waals surface area (Å²) in [7, 11) is 0. The fourth-order valence-corrected chi connectivity index (χ4v) is 8.30. The molecular weight excluding hydrogens is 494 g/mol. The highest BCUT2D eigenvalue weighted by Crippen LogP contribution is 2.56. The van der Waals surface area contributed by atoms with Crippen molar-refractivity contribution in [1.82, 2.24) is 4.57 Å². The minimum absolute atomic E-state index is 0.0601. The van der Waals surface area contributed by atoms with Gasteiger partial charge in [0.2, 0.25) is 0 Å². The topological polar surface area (TPSA) is 4.93 Å². The lowest BCUT2D eigenvalue weighted by Crippen LogP contribution is -2.33. The van der Waals surface area contributed by atoms with Gasteiger partial charge in [-0.2, -0.15) is 0 Å². The van der Waals surface area contributed by atoms with E-state index in [1.165, 1.54) is 82.8 Å². The molecule has 0 bridgehead atoms. The van der Waals surface area contributed by atoms with Crippen LogP contribution >= 0.6 is 0 Å². The quantitative estimate of drug-likeness (QED) is 0.211. The maximum atomic E-state index is 2.62. The normalized spacial score (nSPS) is 17.5. The van der Waals surface area contributed by atoms with Gasteiger partial charge in [0.15, 0.2) is 0 Å². The van der Waals surface area contributed by atoms with E-state index < -0.39 is 0 Å². The highest BCUT2D eigenvalue weighted by Gasteiger charge is 2.43. The van der Waals surface area contributed by atoms with E-state index in [0.29, 0.717) is 0 Å². The van der Waals surface area contributed by atoms with E-state index in [0.717, 1.165) is 12.8 Å². The summed E-state index contributed by atoms with van der Waals surface area (Å²) in [5, 5.41) is 5.37. The number of hydrogen-bond acceptors (Lipinski definition) is 0. The summed E-state index contributed by atoms with van der Waals surface area (Å²) < 4.78 is 2.62. The maximum absolute atomic E-state index is 2.62. The molecule has 0 fully saturated rings. The SMILES string of the molecule is CC1(C)c2cccc3c2-n2c4c1cccc4c1cc(-c4c(C5=CC=CCC5)ccc5ccccc45)cc(c12)C3(C)C. The van der Waals surface area contributed by atoms with Crippen molar-refractivity contribution in [3.63, 3.8) is 0 Å². The second kappa shape index (κ2) is 7.68. The standard InChI is InChI=1S/C40H33N/c1-39(2)31-17-10-16-29-30-22-26(35-27-15-9-8-14-25(27)20-21-28(35)24-12-6-5-7-13-24)23-34-37(30)41(36(29)31)38-32(39)18-11-19-33(38)40(34,3)4/h5-6,8-12,14-23H,7,13H2,1-4H3. The number of nitrogens with zero attached hydrogens (tertiary/aromatic N) is 1. The van der Waals surface area contributed by atoms with Gasteiger partial charge in [0.25, 0.3) is 0 Å². The fraction of sp³-hybridized carbons (Fsp3) is 0.200. The summed E-state index contributed by atoms with van der Waals surface area (Å²) in [6.07, 6.45) is 9.01. The zero-order chi connectivity index (χ0) is 27.7. The van der Waals surface area contributed by atoms with Crippen molar-refractivity contribution >= 4 is 38.2 Å². The highest BCUT2D eigenvalue weighted by atomic mass is 15.0. The first kappa shape index (κ1) is 23.4. The second-order valence-electron chi connectivity index (χ2n) is 13.3. The second-order valence-corrected chi connectivity index (χ2v) is 13.3. The van der Waals surface area contributed by atoms with Crippen LogP contribution in [0.5, 0.6) is 0 Å². The molecule has 0 radical (unpaired) electrons. The molecule has 0 atom stereocenters. The fourth-order valence-electron chi connectivity index (χ4n) is 8.30. The summed E-state index contributed by atoms with van der Waals surface area (Å²) >= 11 is 0. The molecule has 41 heavy (non-hydrogen) atoms. The molecule has 3 aliphatic rings. The van der Waals surface area contributed by atoms with Gasteiger partial charge in [0.1, 0.15) is 0 Å². The summed E-state index contributed by atoms with van der Waals surface area (Å²) in [6, 6.07) is 32.6. The zero-order valence-electron chi connectivity index (χ0n) is 24.2. The van der Waals surface area contributed by atoms with Gasteiger partial charge in [-0.1, -0.05) is 119 Å². The number of fused-ring (bicyclic) bond motifs is 2. The largest absolute Gasteiger partial charge is 0.308 e. The first-order valence-electron chi connectivity index (χ1n) is 15.0. The first-order valence-corrected chi connectivity index (χ1v) is 15.0.